The third-order valence-electron chi connectivity index (χ3n) is 4.79. The largest absolute Gasteiger partial charge is 0.0888 e. The molecule has 1 aliphatic rings. The summed E-state index contributed by atoms with van der Waals surface area (Å²) >= 11 is 3.63. The van der Waals surface area contributed by atoms with Crippen LogP contribution in [0.2, 0.25) is 0 Å². The maximum Gasteiger partial charge on any atom is 0.0508 e. The lowest BCUT2D eigenvalue weighted by molar-refractivity contribution is 0.642. The molecule has 0 saturated carbocycles. The summed E-state index contributed by atoms with van der Waals surface area (Å²) in [6.07, 6.45) is 0.852. The molecule has 0 unspecified atom stereocenters. The molecule has 0 spiro atoms. The van der Waals surface area contributed by atoms with Crippen molar-refractivity contribution in [3.8, 4) is 11.1 Å². The van der Waals surface area contributed by atoms with E-state index in [9.17, 15) is 0 Å². The molecule has 0 amide bonds. The normalized spacial score (nSPS) is 14.1. The Labute approximate surface area is 145 Å². The SMILES string of the molecule is C=C(Br)CC1(c2ccccc2)c2ccccc2-c2ccccc21. The van der Waals surface area contributed by atoms with Crippen LogP contribution in [-0.2, 0) is 5.41 Å². The zero-order chi connectivity index (χ0) is 15.9. The second-order valence-electron chi connectivity index (χ2n) is 6.06. The van der Waals surface area contributed by atoms with Gasteiger partial charge in [-0.25, -0.2) is 0 Å². The summed E-state index contributed by atoms with van der Waals surface area (Å²) in [7, 11) is 0. The zero-order valence-corrected chi connectivity index (χ0v) is 14.4. The van der Waals surface area contributed by atoms with Gasteiger partial charge in [0.05, 0.1) is 5.41 Å². The van der Waals surface area contributed by atoms with Crippen molar-refractivity contribution in [3.63, 3.8) is 0 Å². The standard InChI is InChI=1S/C22H17Br/c1-16(23)15-22(17-9-3-2-4-10-17)20-13-7-5-11-18(20)19-12-6-8-14-21(19)22/h2-14H,1,15H2. The lowest BCUT2D eigenvalue weighted by Crippen LogP contribution is -2.26. The topological polar surface area (TPSA) is 0 Å². The number of hydrogen-bond donors (Lipinski definition) is 0. The van der Waals surface area contributed by atoms with Gasteiger partial charge in [0.2, 0.25) is 0 Å². The molecule has 1 heteroatoms. The molecule has 0 heterocycles. The highest BCUT2D eigenvalue weighted by Crippen LogP contribution is 2.55. The van der Waals surface area contributed by atoms with Crippen molar-refractivity contribution in [2.24, 2.45) is 0 Å². The summed E-state index contributed by atoms with van der Waals surface area (Å²) in [5.74, 6) is 0. The molecule has 0 aromatic heterocycles. The summed E-state index contributed by atoms with van der Waals surface area (Å²) in [6, 6.07) is 28.3. The van der Waals surface area contributed by atoms with Crippen LogP contribution in [0.25, 0.3) is 11.1 Å². The Kier molecular flexibility index (Phi) is 3.46. The van der Waals surface area contributed by atoms with Gasteiger partial charge in [0, 0.05) is 0 Å². The van der Waals surface area contributed by atoms with E-state index in [1.165, 1.54) is 27.8 Å². The van der Waals surface area contributed by atoms with Crippen molar-refractivity contribution in [2.75, 3.05) is 0 Å². The molecule has 0 nitrogen and oxygen atoms in total. The van der Waals surface area contributed by atoms with E-state index in [0.29, 0.717) is 0 Å². The fraction of sp³-hybridized carbons (Fsp3) is 0.0909. The molecule has 1 aliphatic carbocycles. The Balaban J connectivity index is 2.12. The van der Waals surface area contributed by atoms with Crippen molar-refractivity contribution < 1.29 is 0 Å². The first-order valence-corrected chi connectivity index (χ1v) is 8.61. The highest BCUT2D eigenvalue weighted by Gasteiger charge is 2.44. The van der Waals surface area contributed by atoms with Crippen molar-refractivity contribution in [1.82, 2.24) is 0 Å². The molecule has 0 fully saturated rings. The predicted octanol–water partition coefficient (Wildman–Crippen LogP) is 6.30. The third-order valence-corrected chi connectivity index (χ3v) is 5.07. The summed E-state index contributed by atoms with van der Waals surface area (Å²) < 4.78 is 1.02. The van der Waals surface area contributed by atoms with Crippen LogP contribution in [0.15, 0.2) is 89.9 Å². The monoisotopic (exact) mass is 360 g/mol. The Hall–Kier alpha value is -2.12. The Morgan fingerprint density at radius 3 is 1.74 bits per heavy atom. The molecule has 0 saturated heterocycles. The van der Waals surface area contributed by atoms with Gasteiger partial charge in [0.15, 0.2) is 0 Å². The van der Waals surface area contributed by atoms with E-state index in [4.69, 9.17) is 0 Å². The summed E-state index contributed by atoms with van der Waals surface area (Å²) in [4.78, 5) is 0. The van der Waals surface area contributed by atoms with Gasteiger partial charge in [-0.1, -0.05) is 101 Å². The van der Waals surface area contributed by atoms with Gasteiger partial charge in [-0.15, -0.1) is 0 Å². The van der Waals surface area contributed by atoms with Crippen LogP contribution in [0.3, 0.4) is 0 Å². The summed E-state index contributed by atoms with van der Waals surface area (Å²) in [5, 5.41) is 0. The first-order valence-electron chi connectivity index (χ1n) is 7.82. The Bertz CT molecular complexity index is 832. The van der Waals surface area contributed by atoms with E-state index in [1.807, 2.05) is 0 Å². The number of rotatable bonds is 3. The molecule has 3 aromatic rings. The molecule has 0 radical (unpaired) electrons. The number of allylic oxidation sites excluding steroid dienone is 1. The highest BCUT2D eigenvalue weighted by atomic mass is 79.9. The maximum atomic E-state index is 4.15. The van der Waals surface area contributed by atoms with Crippen LogP contribution >= 0.6 is 15.9 Å². The molecule has 23 heavy (non-hydrogen) atoms. The van der Waals surface area contributed by atoms with Crippen molar-refractivity contribution in [3.05, 3.63) is 107 Å². The predicted molar refractivity (Wildman–Crippen MR) is 101 cm³/mol. The fourth-order valence-electron chi connectivity index (χ4n) is 3.94. The number of fused-ring (bicyclic) bond motifs is 3. The highest BCUT2D eigenvalue weighted by molar-refractivity contribution is 9.11. The minimum Gasteiger partial charge on any atom is -0.0888 e. The second kappa shape index (κ2) is 5.50. The van der Waals surface area contributed by atoms with Gasteiger partial charge in [0.1, 0.15) is 0 Å². The molecule has 0 N–H and O–H groups in total. The van der Waals surface area contributed by atoms with Gasteiger partial charge < -0.3 is 0 Å². The third kappa shape index (κ3) is 2.11. The number of benzene rings is 3. The first-order chi connectivity index (χ1) is 11.2. The van der Waals surface area contributed by atoms with Gasteiger partial charge in [-0.2, -0.15) is 0 Å². The lowest BCUT2D eigenvalue weighted by Gasteiger charge is -2.33. The Morgan fingerprint density at radius 2 is 1.22 bits per heavy atom. The minimum absolute atomic E-state index is 0.172. The maximum absolute atomic E-state index is 4.15. The molecule has 0 bridgehead atoms. The van der Waals surface area contributed by atoms with E-state index in [0.717, 1.165) is 10.9 Å². The van der Waals surface area contributed by atoms with Crippen LogP contribution in [0.5, 0.6) is 0 Å². The number of halogens is 1. The number of hydrogen-bond acceptors (Lipinski definition) is 0. The van der Waals surface area contributed by atoms with Gasteiger partial charge in [0.25, 0.3) is 0 Å². The molecule has 0 atom stereocenters. The van der Waals surface area contributed by atoms with Gasteiger partial charge >= 0.3 is 0 Å². The van der Waals surface area contributed by atoms with E-state index in [2.05, 4.69) is 101 Å². The second-order valence-corrected chi connectivity index (χ2v) is 7.18. The van der Waals surface area contributed by atoms with Crippen LogP contribution in [0, 0.1) is 0 Å². The van der Waals surface area contributed by atoms with Crippen molar-refractivity contribution in [2.45, 2.75) is 11.8 Å². The molecule has 112 valence electrons. The van der Waals surface area contributed by atoms with Crippen molar-refractivity contribution in [1.29, 1.82) is 0 Å². The zero-order valence-electron chi connectivity index (χ0n) is 12.8. The van der Waals surface area contributed by atoms with Crippen LogP contribution in [-0.4, -0.2) is 0 Å². The van der Waals surface area contributed by atoms with E-state index >= 15 is 0 Å². The quantitative estimate of drug-likeness (QED) is 0.514. The average molecular weight is 361 g/mol. The van der Waals surface area contributed by atoms with Crippen LogP contribution in [0.1, 0.15) is 23.1 Å². The van der Waals surface area contributed by atoms with Crippen LogP contribution < -0.4 is 0 Å². The molecule has 4 rings (SSSR count). The van der Waals surface area contributed by atoms with Crippen LogP contribution in [0.4, 0.5) is 0 Å². The molecular formula is C22H17Br. The summed E-state index contributed by atoms with van der Waals surface area (Å²) in [6.45, 7) is 4.15. The smallest absolute Gasteiger partial charge is 0.0508 e. The molecular weight excluding hydrogens is 344 g/mol. The average Bonchev–Trinajstić information content (AvgIpc) is 2.87. The molecule has 0 aliphatic heterocycles. The Morgan fingerprint density at radius 1 is 0.739 bits per heavy atom. The summed E-state index contributed by atoms with van der Waals surface area (Å²) in [5.41, 5.74) is 6.55. The van der Waals surface area contributed by atoms with E-state index < -0.39 is 0 Å². The van der Waals surface area contributed by atoms with E-state index in [-0.39, 0.29) is 5.41 Å². The first kappa shape index (κ1) is 14.5. The molecule has 3 aromatic carbocycles. The van der Waals surface area contributed by atoms with Gasteiger partial charge in [-0.05, 0) is 38.7 Å². The lowest BCUT2D eigenvalue weighted by atomic mass is 9.70. The minimum atomic E-state index is -0.172. The van der Waals surface area contributed by atoms with Gasteiger partial charge in [-0.3, -0.25) is 0 Å². The fourth-order valence-corrected chi connectivity index (χ4v) is 4.36. The van der Waals surface area contributed by atoms with Crippen molar-refractivity contribution >= 4 is 15.9 Å². The van der Waals surface area contributed by atoms with E-state index in [1.54, 1.807) is 0 Å².